The van der Waals surface area contributed by atoms with E-state index >= 15 is 0 Å². The van der Waals surface area contributed by atoms with Crippen molar-refractivity contribution in [1.82, 2.24) is 0 Å². The molecule has 16 heavy (non-hydrogen) atoms. The number of benzene rings is 1. The summed E-state index contributed by atoms with van der Waals surface area (Å²) < 4.78 is 4.82. The fraction of sp³-hybridized carbons (Fsp3) is 0.333. The first-order valence-corrected chi connectivity index (χ1v) is 5.07. The molecule has 0 fully saturated rings. The number of aryl methyl sites for hydroxylation is 1. The first-order chi connectivity index (χ1) is 7.63. The van der Waals surface area contributed by atoms with Crippen LogP contribution in [0.3, 0.4) is 0 Å². The zero-order valence-electron chi connectivity index (χ0n) is 9.28. The predicted octanol–water partition coefficient (Wildman–Crippen LogP) is 2.00. The highest BCUT2D eigenvalue weighted by Gasteiger charge is 2.16. The molecule has 0 atom stereocenters. The molecule has 0 aliphatic rings. The molecule has 0 heterocycles. The number of phenolic OH excluding ortho intramolecular Hbond substituents is 1. The van der Waals surface area contributed by atoms with Gasteiger partial charge in [-0.1, -0.05) is 6.92 Å². The fourth-order valence-electron chi connectivity index (χ4n) is 1.47. The summed E-state index contributed by atoms with van der Waals surface area (Å²) in [6.07, 6.45) is 0.573. The van der Waals surface area contributed by atoms with Crippen LogP contribution in [-0.2, 0) is 11.2 Å². The second-order valence-electron chi connectivity index (χ2n) is 3.21. The Labute approximate surface area is 94.1 Å². The SMILES string of the molecule is CCOC(=O)c1cc(O)cc(CC)c1C#N. The Kier molecular flexibility index (Phi) is 3.90. The largest absolute Gasteiger partial charge is 0.508 e. The lowest BCUT2D eigenvalue weighted by atomic mass is 9.99. The Hall–Kier alpha value is -2.02. The van der Waals surface area contributed by atoms with Crippen molar-refractivity contribution in [2.75, 3.05) is 6.61 Å². The summed E-state index contributed by atoms with van der Waals surface area (Å²) in [6, 6.07) is 4.72. The van der Waals surface area contributed by atoms with Gasteiger partial charge in [0, 0.05) is 0 Å². The van der Waals surface area contributed by atoms with Crippen molar-refractivity contribution < 1.29 is 14.6 Å². The lowest BCUT2D eigenvalue weighted by Gasteiger charge is -2.08. The first-order valence-electron chi connectivity index (χ1n) is 5.07. The number of nitrogens with zero attached hydrogens (tertiary/aromatic N) is 1. The molecule has 0 aromatic heterocycles. The number of nitriles is 1. The lowest BCUT2D eigenvalue weighted by molar-refractivity contribution is 0.0525. The van der Waals surface area contributed by atoms with Gasteiger partial charge in [0.15, 0.2) is 0 Å². The van der Waals surface area contributed by atoms with Crippen LogP contribution in [0.1, 0.15) is 35.3 Å². The molecule has 1 aromatic carbocycles. The number of hydrogen-bond donors (Lipinski definition) is 1. The van der Waals surface area contributed by atoms with E-state index < -0.39 is 5.97 Å². The van der Waals surface area contributed by atoms with Gasteiger partial charge in [0.25, 0.3) is 0 Å². The molecule has 0 aliphatic heterocycles. The van der Waals surface area contributed by atoms with Gasteiger partial charge >= 0.3 is 5.97 Å². The third-order valence-corrected chi connectivity index (χ3v) is 2.19. The maximum Gasteiger partial charge on any atom is 0.339 e. The minimum atomic E-state index is -0.579. The number of rotatable bonds is 3. The van der Waals surface area contributed by atoms with Crippen LogP contribution in [0.4, 0.5) is 0 Å². The summed E-state index contributed by atoms with van der Waals surface area (Å²) in [5, 5.41) is 18.4. The molecule has 0 saturated carbocycles. The Morgan fingerprint density at radius 2 is 2.19 bits per heavy atom. The van der Waals surface area contributed by atoms with Gasteiger partial charge in [-0.25, -0.2) is 4.79 Å². The monoisotopic (exact) mass is 219 g/mol. The fourth-order valence-corrected chi connectivity index (χ4v) is 1.47. The molecule has 0 aliphatic carbocycles. The molecule has 1 aromatic rings. The van der Waals surface area contributed by atoms with E-state index in [1.54, 1.807) is 6.92 Å². The molecule has 0 amide bonds. The molecular weight excluding hydrogens is 206 g/mol. The van der Waals surface area contributed by atoms with E-state index in [9.17, 15) is 9.90 Å². The molecule has 0 radical (unpaired) electrons. The summed E-state index contributed by atoms with van der Waals surface area (Å²) in [5.74, 6) is -0.608. The Balaban J connectivity index is 3.32. The Morgan fingerprint density at radius 3 is 2.69 bits per heavy atom. The Morgan fingerprint density at radius 1 is 1.50 bits per heavy atom. The highest BCUT2D eigenvalue weighted by Crippen LogP contribution is 2.22. The number of esters is 1. The van der Waals surface area contributed by atoms with Crippen LogP contribution in [0.15, 0.2) is 12.1 Å². The van der Waals surface area contributed by atoms with Crippen LogP contribution in [-0.4, -0.2) is 17.7 Å². The van der Waals surface area contributed by atoms with E-state index in [0.29, 0.717) is 12.0 Å². The maximum atomic E-state index is 11.6. The average Bonchev–Trinajstić information content (AvgIpc) is 2.28. The van der Waals surface area contributed by atoms with Gasteiger partial charge < -0.3 is 9.84 Å². The third-order valence-electron chi connectivity index (χ3n) is 2.19. The molecule has 4 heteroatoms. The molecule has 0 spiro atoms. The summed E-state index contributed by atoms with van der Waals surface area (Å²) in [4.78, 5) is 11.6. The quantitative estimate of drug-likeness (QED) is 0.789. The third kappa shape index (κ3) is 2.31. The van der Waals surface area contributed by atoms with Crippen LogP contribution in [0.2, 0.25) is 0 Å². The second-order valence-corrected chi connectivity index (χ2v) is 3.21. The van der Waals surface area contributed by atoms with Crippen molar-refractivity contribution in [2.24, 2.45) is 0 Å². The number of phenols is 1. The minimum absolute atomic E-state index is 0.0288. The number of ether oxygens (including phenoxy) is 1. The second kappa shape index (κ2) is 5.17. The molecule has 0 bridgehead atoms. The average molecular weight is 219 g/mol. The van der Waals surface area contributed by atoms with Crippen molar-refractivity contribution in [2.45, 2.75) is 20.3 Å². The zero-order chi connectivity index (χ0) is 12.1. The van der Waals surface area contributed by atoms with Gasteiger partial charge in [-0.15, -0.1) is 0 Å². The maximum absolute atomic E-state index is 11.6. The smallest absolute Gasteiger partial charge is 0.339 e. The Bertz CT molecular complexity index is 446. The minimum Gasteiger partial charge on any atom is -0.508 e. The number of carbonyl (C=O) groups excluding carboxylic acids is 1. The van der Waals surface area contributed by atoms with Crippen LogP contribution in [0.5, 0.6) is 5.75 Å². The van der Waals surface area contributed by atoms with Gasteiger partial charge in [-0.2, -0.15) is 5.26 Å². The summed E-state index contributed by atoms with van der Waals surface area (Å²) >= 11 is 0. The van der Waals surface area contributed by atoms with Crippen LogP contribution in [0.25, 0.3) is 0 Å². The van der Waals surface area contributed by atoms with Gasteiger partial charge in [0.2, 0.25) is 0 Å². The lowest BCUT2D eigenvalue weighted by Crippen LogP contribution is -2.08. The number of carbonyl (C=O) groups is 1. The standard InChI is InChI=1S/C12H13NO3/c1-3-8-5-9(14)6-10(11(8)7-13)12(15)16-4-2/h5-6,14H,3-4H2,1-2H3. The van der Waals surface area contributed by atoms with Gasteiger partial charge in [-0.3, -0.25) is 0 Å². The van der Waals surface area contributed by atoms with E-state index in [-0.39, 0.29) is 23.5 Å². The van der Waals surface area contributed by atoms with Crippen molar-refractivity contribution in [1.29, 1.82) is 5.26 Å². The summed E-state index contributed by atoms with van der Waals surface area (Å²) in [6.45, 7) is 3.78. The highest BCUT2D eigenvalue weighted by molar-refractivity contribution is 5.93. The molecular formula is C12H13NO3. The molecule has 1 N–H and O–H groups in total. The van der Waals surface area contributed by atoms with E-state index in [2.05, 4.69) is 0 Å². The van der Waals surface area contributed by atoms with Crippen LogP contribution >= 0.6 is 0 Å². The topological polar surface area (TPSA) is 70.3 Å². The van der Waals surface area contributed by atoms with E-state index in [1.807, 2.05) is 13.0 Å². The molecule has 4 nitrogen and oxygen atoms in total. The van der Waals surface area contributed by atoms with Gasteiger partial charge in [0.05, 0.1) is 17.7 Å². The summed E-state index contributed by atoms with van der Waals surface area (Å²) in [7, 11) is 0. The van der Waals surface area contributed by atoms with E-state index in [0.717, 1.165) is 0 Å². The molecule has 1 rings (SSSR count). The molecule has 0 saturated heterocycles. The van der Waals surface area contributed by atoms with E-state index in [4.69, 9.17) is 10.00 Å². The van der Waals surface area contributed by atoms with Crippen LogP contribution in [0, 0.1) is 11.3 Å². The van der Waals surface area contributed by atoms with Crippen molar-refractivity contribution in [3.8, 4) is 11.8 Å². The van der Waals surface area contributed by atoms with Gasteiger partial charge in [0.1, 0.15) is 11.8 Å². The highest BCUT2D eigenvalue weighted by atomic mass is 16.5. The van der Waals surface area contributed by atoms with Crippen molar-refractivity contribution >= 4 is 5.97 Å². The summed E-state index contributed by atoms with van der Waals surface area (Å²) in [5.41, 5.74) is 1.05. The first kappa shape index (κ1) is 12.1. The van der Waals surface area contributed by atoms with Crippen LogP contribution < -0.4 is 0 Å². The number of aromatic hydroxyl groups is 1. The van der Waals surface area contributed by atoms with Crippen molar-refractivity contribution in [3.05, 3.63) is 28.8 Å². The predicted molar refractivity (Wildman–Crippen MR) is 58.2 cm³/mol. The van der Waals surface area contributed by atoms with Gasteiger partial charge in [-0.05, 0) is 31.0 Å². The normalized spacial score (nSPS) is 9.56. The molecule has 0 unspecified atom stereocenters. The number of hydrogen-bond acceptors (Lipinski definition) is 4. The zero-order valence-corrected chi connectivity index (χ0v) is 9.28. The van der Waals surface area contributed by atoms with E-state index in [1.165, 1.54) is 12.1 Å². The molecule has 84 valence electrons. The van der Waals surface area contributed by atoms with Crippen molar-refractivity contribution in [3.63, 3.8) is 0 Å².